The maximum Gasteiger partial charge on any atom is 0.129 e. The molecule has 2 aromatic heterocycles. The minimum Gasteiger partial charge on any atom is -0.271 e. The van der Waals surface area contributed by atoms with Crippen molar-refractivity contribution in [2.24, 2.45) is 5.84 Å². The number of nitrogens with zero attached hydrogens (tertiary/aromatic N) is 1. The molecule has 3 nitrogen and oxygen atoms in total. The van der Waals surface area contributed by atoms with Gasteiger partial charge in [-0.05, 0) is 30.2 Å². The summed E-state index contributed by atoms with van der Waals surface area (Å²) in [6.07, 6.45) is 3.71. The van der Waals surface area contributed by atoms with Crippen molar-refractivity contribution in [3.63, 3.8) is 0 Å². The van der Waals surface area contributed by atoms with Gasteiger partial charge >= 0.3 is 0 Å². The van der Waals surface area contributed by atoms with E-state index in [1.807, 2.05) is 17.4 Å². The summed E-state index contributed by atoms with van der Waals surface area (Å²) in [5, 5.41) is 0.499. The van der Waals surface area contributed by atoms with Crippen LogP contribution >= 0.6 is 22.9 Å². The molecular formula is C13H16ClN3S. The van der Waals surface area contributed by atoms with Crippen LogP contribution in [0.3, 0.4) is 0 Å². The van der Waals surface area contributed by atoms with Crippen molar-refractivity contribution in [3.05, 3.63) is 50.9 Å². The third-order valence-electron chi connectivity index (χ3n) is 2.82. The summed E-state index contributed by atoms with van der Waals surface area (Å²) in [7, 11) is 0. The molecule has 0 amide bonds. The zero-order chi connectivity index (χ0) is 13.0. The Bertz CT molecular complexity index is 495. The number of pyridine rings is 1. The summed E-state index contributed by atoms with van der Waals surface area (Å²) in [5.74, 6) is 5.62. The van der Waals surface area contributed by atoms with Crippen LogP contribution in [0, 0.1) is 0 Å². The second kappa shape index (κ2) is 6.29. The number of nitrogens with two attached hydrogens (primary N) is 1. The molecule has 0 bridgehead atoms. The van der Waals surface area contributed by atoms with Crippen molar-refractivity contribution >= 4 is 22.9 Å². The van der Waals surface area contributed by atoms with E-state index in [0.29, 0.717) is 5.15 Å². The molecule has 0 aromatic carbocycles. The molecule has 18 heavy (non-hydrogen) atoms. The first-order valence-corrected chi connectivity index (χ1v) is 7.07. The van der Waals surface area contributed by atoms with Crippen molar-refractivity contribution in [1.82, 2.24) is 10.4 Å². The highest BCUT2D eigenvalue weighted by Crippen LogP contribution is 2.24. The van der Waals surface area contributed by atoms with Crippen LogP contribution in [0.15, 0.2) is 30.5 Å². The molecule has 0 saturated carbocycles. The molecule has 0 spiro atoms. The van der Waals surface area contributed by atoms with E-state index in [1.165, 1.54) is 9.75 Å². The lowest BCUT2D eigenvalue weighted by atomic mass is 10.1. The fraction of sp³-hybridized carbons (Fsp3) is 0.308. The summed E-state index contributed by atoms with van der Waals surface area (Å²) < 4.78 is 0. The van der Waals surface area contributed by atoms with Gasteiger partial charge in [-0.25, -0.2) is 4.98 Å². The van der Waals surface area contributed by atoms with Crippen molar-refractivity contribution in [1.29, 1.82) is 0 Å². The van der Waals surface area contributed by atoms with Gasteiger partial charge in [0.15, 0.2) is 0 Å². The van der Waals surface area contributed by atoms with Gasteiger partial charge in [-0.3, -0.25) is 11.3 Å². The van der Waals surface area contributed by atoms with Crippen LogP contribution in [0.5, 0.6) is 0 Å². The van der Waals surface area contributed by atoms with Gasteiger partial charge in [-0.2, -0.15) is 0 Å². The number of hydrogen-bond acceptors (Lipinski definition) is 4. The summed E-state index contributed by atoms with van der Waals surface area (Å²) >= 11 is 7.61. The Hall–Kier alpha value is -0.940. The van der Waals surface area contributed by atoms with Crippen LogP contribution in [-0.2, 0) is 12.8 Å². The van der Waals surface area contributed by atoms with Gasteiger partial charge in [0.25, 0.3) is 0 Å². The Kier molecular flexibility index (Phi) is 4.72. The van der Waals surface area contributed by atoms with Crippen molar-refractivity contribution < 1.29 is 0 Å². The highest BCUT2D eigenvalue weighted by Gasteiger charge is 2.12. The van der Waals surface area contributed by atoms with Crippen LogP contribution in [0.1, 0.15) is 28.3 Å². The third-order valence-corrected chi connectivity index (χ3v) is 4.30. The lowest BCUT2D eigenvalue weighted by Crippen LogP contribution is -2.29. The summed E-state index contributed by atoms with van der Waals surface area (Å²) in [4.78, 5) is 6.81. The number of thiophene rings is 1. The van der Waals surface area contributed by atoms with E-state index >= 15 is 0 Å². The van der Waals surface area contributed by atoms with Crippen molar-refractivity contribution in [2.75, 3.05) is 0 Å². The number of aryl methyl sites for hydroxylation is 1. The number of hydrogen-bond donors (Lipinski definition) is 2. The molecule has 0 aliphatic rings. The lowest BCUT2D eigenvalue weighted by molar-refractivity contribution is 0.554. The average molecular weight is 282 g/mol. The molecule has 0 fully saturated rings. The van der Waals surface area contributed by atoms with E-state index < -0.39 is 0 Å². The van der Waals surface area contributed by atoms with Gasteiger partial charge in [-0.15, -0.1) is 11.3 Å². The highest BCUT2D eigenvalue weighted by molar-refractivity contribution is 7.11. The molecule has 5 heteroatoms. The first kappa shape index (κ1) is 13.5. The van der Waals surface area contributed by atoms with Crippen LogP contribution in [0.25, 0.3) is 0 Å². The van der Waals surface area contributed by atoms with E-state index in [0.717, 1.165) is 18.4 Å². The van der Waals surface area contributed by atoms with Gasteiger partial charge in [-0.1, -0.05) is 24.6 Å². The van der Waals surface area contributed by atoms with Crippen LogP contribution in [0.4, 0.5) is 0 Å². The maximum absolute atomic E-state index is 5.78. The van der Waals surface area contributed by atoms with Crippen molar-refractivity contribution in [3.8, 4) is 0 Å². The third kappa shape index (κ3) is 3.29. The topological polar surface area (TPSA) is 50.9 Å². The molecule has 0 aliphatic heterocycles. The average Bonchev–Trinajstić information content (AvgIpc) is 2.85. The van der Waals surface area contributed by atoms with Gasteiger partial charge in [0.05, 0.1) is 6.04 Å². The standard InChI is InChI=1S/C13H16ClN3S/c1-2-10-4-5-11(18-10)7-12(17-15)9-3-6-13(14)16-8-9/h3-6,8,12,17H,2,7,15H2,1H3. The summed E-state index contributed by atoms with van der Waals surface area (Å²) in [6, 6.07) is 8.14. The Morgan fingerprint density at radius 3 is 2.67 bits per heavy atom. The maximum atomic E-state index is 5.78. The largest absolute Gasteiger partial charge is 0.271 e. The first-order valence-electron chi connectivity index (χ1n) is 5.88. The monoisotopic (exact) mass is 281 g/mol. The number of aromatic nitrogens is 1. The molecule has 3 N–H and O–H groups in total. The fourth-order valence-corrected chi connectivity index (χ4v) is 2.90. The van der Waals surface area contributed by atoms with E-state index in [2.05, 4.69) is 29.5 Å². The summed E-state index contributed by atoms with van der Waals surface area (Å²) in [5.41, 5.74) is 3.89. The smallest absolute Gasteiger partial charge is 0.129 e. The quantitative estimate of drug-likeness (QED) is 0.503. The Balaban J connectivity index is 2.11. The molecule has 96 valence electrons. The zero-order valence-electron chi connectivity index (χ0n) is 10.2. The van der Waals surface area contributed by atoms with Crippen LogP contribution in [0.2, 0.25) is 5.15 Å². The van der Waals surface area contributed by atoms with Crippen molar-refractivity contribution in [2.45, 2.75) is 25.8 Å². The van der Waals surface area contributed by atoms with Crippen LogP contribution < -0.4 is 11.3 Å². The molecular weight excluding hydrogens is 266 g/mol. The second-order valence-corrected chi connectivity index (χ2v) is 5.70. The number of halogens is 1. The van der Waals surface area contributed by atoms with E-state index in [4.69, 9.17) is 17.4 Å². The molecule has 2 rings (SSSR count). The highest BCUT2D eigenvalue weighted by atomic mass is 35.5. The molecule has 1 atom stereocenters. The van der Waals surface area contributed by atoms with Crippen LogP contribution in [-0.4, -0.2) is 4.98 Å². The fourth-order valence-electron chi connectivity index (χ4n) is 1.79. The molecule has 0 saturated heterocycles. The molecule has 2 aromatic rings. The Morgan fingerprint density at radius 1 is 1.33 bits per heavy atom. The second-order valence-electron chi connectivity index (χ2n) is 4.06. The molecule has 2 heterocycles. The Labute approximate surface area is 116 Å². The molecule has 0 aliphatic carbocycles. The predicted molar refractivity (Wildman–Crippen MR) is 76.7 cm³/mol. The number of rotatable bonds is 5. The van der Waals surface area contributed by atoms with Gasteiger partial charge in [0.2, 0.25) is 0 Å². The summed E-state index contributed by atoms with van der Waals surface area (Å²) in [6.45, 7) is 2.16. The minimum atomic E-state index is 0.0677. The van der Waals surface area contributed by atoms with E-state index in [9.17, 15) is 0 Å². The van der Waals surface area contributed by atoms with Gasteiger partial charge < -0.3 is 0 Å². The molecule has 0 radical (unpaired) electrons. The zero-order valence-corrected chi connectivity index (χ0v) is 11.8. The van der Waals surface area contributed by atoms with Gasteiger partial charge in [0.1, 0.15) is 5.15 Å². The van der Waals surface area contributed by atoms with E-state index in [-0.39, 0.29) is 6.04 Å². The van der Waals surface area contributed by atoms with Gasteiger partial charge in [0, 0.05) is 22.4 Å². The number of hydrazine groups is 1. The first-order chi connectivity index (χ1) is 8.72. The lowest BCUT2D eigenvalue weighted by Gasteiger charge is -2.14. The minimum absolute atomic E-state index is 0.0677. The SMILES string of the molecule is CCc1ccc(CC(NN)c2ccc(Cl)nc2)s1. The predicted octanol–water partition coefficient (Wildman–Crippen LogP) is 3.11. The Morgan fingerprint density at radius 2 is 2.11 bits per heavy atom. The number of nitrogens with one attached hydrogen (secondary N) is 1. The molecule has 1 unspecified atom stereocenters. The normalized spacial score (nSPS) is 12.6. The van der Waals surface area contributed by atoms with E-state index in [1.54, 1.807) is 12.3 Å².